The first kappa shape index (κ1) is 39.4. The summed E-state index contributed by atoms with van der Waals surface area (Å²) in [6.07, 6.45) is 1.81. The largest absolute Gasteiger partial charge is 0.491 e. The van der Waals surface area contributed by atoms with Crippen molar-refractivity contribution in [2.24, 2.45) is 20.5 Å². The van der Waals surface area contributed by atoms with Gasteiger partial charge >= 0.3 is 0 Å². The van der Waals surface area contributed by atoms with Gasteiger partial charge in [-0.05, 0) is 115 Å². The van der Waals surface area contributed by atoms with E-state index in [1.54, 1.807) is 36.4 Å². The van der Waals surface area contributed by atoms with Crippen molar-refractivity contribution in [1.82, 2.24) is 0 Å². The molecule has 5 aromatic rings. The number of ether oxygens (including phenoxy) is 2. The Morgan fingerprint density at radius 1 is 0.667 bits per heavy atom. The third-order valence-corrected chi connectivity index (χ3v) is 9.15. The van der Waals surface area contributed by atoms with Crippen LogP contribution in [0.5, 0.6) is 11.5 Å². The fourth-order valence-electron chi connectivity index (χ4n) is 5.76. The van der Waals surface area contributed by atoms with Gasteiger partial charge in [0, 0.05) is 17.5 Å². The van der Waals surface area contributed by atoms with Crippen LogP contribution in [0.2, 0.25) is 0 Å². The highest BCUT2D eigenvalue weighted by molar-refractivity contribution is 5.51. The number of nitro groups is 1. The first-order chi connectivity index (χ1) is 26.0. The summed E-state index contributed by atoms with van der Waals surface area (Å²) in [7, 11) is 0. The van der Waals surface area contributed by atoms with Crippen LogP contribution in [0.25, 0.3) is 0 Å². The molecule has 2 N–H and O–H groups in total. The molecule has 11 heteroatoms. The second kappa shape index (κ2) is 18.8. The van der Waals surface area contributed by atoms with Gasteiger partial charge in [0.25, 0.3) is 5.69 Å². The summed E-state index contributed by atoms with van der Waals surface area (Å²) in [4.78, 5) is 10.4. The molecule has 0 fully saturated rings. The fraction of sp³-hybridized carbons (Fsp3) is 0.302. The molecule has 0 bridgehead atoms. The Kier molecular flexibility index (Phi) is 13.7. The summed E-state index contributed by atoms with van der Waals surface area (Å²) in [6, 6.07) is 35.0. The van der Waals surface area contributed by atoms with Crippen molar-refractivity contribution >= 4 is 28.4 Å². The number of aliphatic hydroxyl groups is 2. The van der Waals surface area contributed by atoms with Gasteiger partial charge in [-0.3, -0.25) is 10.1 Å². The molecule has 0 aromatic heterocycles. The summed E-state index contributed by atoms with van der Waals surface area (Å²) < 4.78 is 11.7. The summed E-state index contributed by atoms with van der Waals surface area (Å²) in [6.45, 7) is 8.86. The zero-order valence-electron chi connectivity index (χ0n) is 31.1. The van der Waals surface area contributed by atoms with Crippen LogP contribution < -0.4 is 9.47 Å². The smallest absolute Gasteiger partial charge is 0.269 e. The van der Waals surface area contributed by atoms with E-state index in [0.717, 1.165) is 46.5 Å². The van der Waals surface area contributed by atoms with E-state index in [0.29, 0.717) is 42.3 Å². The lowest BCUT2D eigenvalue weighted by molar-refractivity contribution is -0.384. The lowest BCUT2D eigenvalue weighted by atomic mass is 9.78. The molecule has 0 aliphatic carbocycles. The number of rotatable bonds is 18. The van der Waals surface area contributed by atoms with E-state index in [9.17, 15) is 20.3 Å². The van der Waals surface area contributed by atoms with Crippen LogP contribution in [-0.2, 0) is 11.8 Å². The maximum Gasteiger partial charge on any atom is 0.269 e. The van der Waals surface area contributed by atoms with Crippen molar-refractivity contribution in [2.45, 2.75) is 71.0 Å². The van der Waals surface area contributed by atoms with Gasteiger partial charge in [0.05, 0.1) is 39.9 Å². The Hall–Kier alpha value is -5.78. The predicted octanol–water partition coefficient (Wildman–Crippen LogP) is 11.0. The topological polar surface area (TPSA) is 152 Å². The molecule has 5 aromatic carbocycles. The molecule has 5 rings (SSSR count). The zero-order chi connectivity index (χ0) is 38.5. The van der Waals surface area contributed by atoms with Crippen molar-refractivity contribution in [3.8, 4) is 11.5 Å². The molecule has 2 unspecified atom stereocenters. The highest BCUT2D eigenvalue weighted by Crippen LogP contribution is 2.34. The molecular formula is C43H47N5O6. The van der Waals surface area contributed by atoms with Crippen LogP contribution in [0, 0.1) is 17.0 Å². The van der Waals surface area contributed by atoms with E-state index in [2.05, 4.69) is 64.6 Å². The third kappa shape index (κ3) is 11.4. The zero-order valence-corrected chi connectivity index (χ0v) is 31.1. The van der Waals surface area contributed by atoms with Crippen LogP contribution >= 0.6 is 0 Å². The standard InChI is InChI=1S/C43H47N5O6/c1-5-6-38(49)28-53-40-22-9-32(10-23-40)43(3,4)33-11-24-41(25-12-33)54-29-39(50)21-7-31-8-26-42(30(2)27-31)47-46-35-15-13-34(14-16-35)44-45-36-17-19-37(20-18-36)48(51)52/h8-20,22-27,38-39,49-50H,5-7,21,28-29H2,1-4H3. The summed E-state index contributed by atoms with van der Waals surface area (Å²) >= 11 is 0. The van der Waals surface area contributed by atoms with E-state index in [1.165, 1.54) is 12.1 Å². The highest BCUT2D eigenvalue weighted by atomic mass is 16.6. The number of non-ortho nitro benzene ring substituents is 1. The SMILES string of the molecule is CCCC(O)COc1ccc(C(C)(C)c2ccc(OCC(O)CCc3ccc(N=Nc4ccc(N=Nc5ccc([N+](=O)[O-])cc5)cc4)c(C)c3)cc2)cc1. The maximum atomic E-state index is 10.8. The van der Waals surface area contributed by atoms with Gasteiger partial charge in [-0.2, -0.15) is 20.5 Å². The lowest BCUT2D eigenvalue weighted by Crippen LogP contribution is -2.20. The van der Waals surface area contributed by atoms with E-state index in [1.807, 2.05) is 50.2 Å². The van der Waals surface area contributed by atoms with Gasteiger partial charge in [0.1, 0.15) is 24.7 Å². The first-order valence-corrected chi connectivity index (χ1v) is 18.1. The van der Waals surface area contributed by atoms with Gasteiger partial charge in [0.15, 0.2) is 0 Å². The average molecular weight is 730 g/mol. The monoisotopic (exact) mass is 729 g/mol. The number of hydrogen-bond acceptors (Lipinski definition) is 10. The minimum absolute atomic E-state index is 0.000116. The number of aliphatic hydroxyl groups excluding tert-OH is 2. The van der Waals surface area contributed by atoms with Gasteiger partial charge in [-0.25, -0.2) is 0 Å². The number of azo groups is 2. The van der Waals surface area contributed by atoms with Crippen LogP contribution in [0.3, 0.4) is 0 Å². The first-order valence-electron chi connectivity index (χ1n) is 18.1. The number of nitrogens with zero attached hydrogens (tertiary/aromatic N) is 5. The quantitative estimate of drug-likeness (QED) is 0.0520. The van der Waals surface area contributed by atoms with Gasteiger partial charge < -0.3 is 19.7 Å². The lowest BCUT2D eigenvalue weighted by Gasteiger charge is -2.26. The van der Waals surface area contributed by atoms with Crippen molar-refractivity contribution < 1.29 is 24.6 Å². The van der Waals surface area contributed by atoms with Crippen molar-refractivity contribution in [3.63, 3.8) is 0 Å². The molecule has 280 valence electrons. The van der Waals surface area contributed by atoms with Crippen LogP contribution in [-0.4, -0.2) is 40.6 Å². The second-order valence-electron chi connectivity index (χ2n) is 13.7. The summed E-state index contributed by atoms with van der Waals surface area (Å²) in [5, 5.41) is 48.5. The molecule has 11 nitrogen and oxygen atoms in total. The molecular weight excluding hydrogens is 683 g/mol. The normalized spacial score (nSPS) is 12.9. The van der Waals surface area contributed by atoms with E-state index in [-0.39, 0.29) is 17.7 Å². The highest BCUT2D eigenvalue weighted by Gasteiger charge is 2.23. The van der Waals surface area contributed by atoms with E-state index >= 15 is 0 Å². The Bertz CT molecular complexity index is 2010. The fourth-order valence-corrected chi connectivity index (χ4v) is 5.76. The minimum Gasteiger partial charge on any atom is -0.491 e. The van der Waals surface area contributed by atoms with Crippen molar-refractivity contribution in [2.75, 3.05) is 13.2 Å². The number of aryl methyl sites for hydroxylation is 2. The van der Waals surface area contributed by atoms with Crippen LogP contribution in [0.4, 0.5) is 28.4 Å². The molecule has 0 heterocycles. The van der Waals surface area contributed by atoms with Gasteiger partial charge in [-0.15, -0.1) is 0 Å². The number of nitro benzene ring substituents is 1. The molecule has 2 atom stereocenters. The number of benzene rings is 5. The Balaban J connectivity index is 1.06. The Labute approximate surface area is 316 Å². The molecule has 0 saturated heterocycles. The van der Waals surface area contributed by atoms with Crippen LogP contribution in [0.15, 0.2) is 136 Å². The van der Waals surface area contributed by atoms with Crippen molar-refractivity contribution in [3.05, 3.63) is 148 Å². The van der Waals surface area contributed by atoms with Crippen molar-refractivity contribution in [1.29, 1.82) is 0 Å². The van der Waals surface area contributed by atoms with Gasteiger partial charge in [0.2, 0.25) is 0 Å². The molecule has 0 amide bonds. The number of hydrogen-bond donors (Lipinski definition) is 2. The van der Waals surface area contributed by atoms with Gasteiger partial charge in [-0.1, -0.05) is 63.6 Å². The van der Waals surface area contributed by atoms with E-state index < -0.39 is 17.1 Å². The molecule has 0 aliphatic rings. The summed E-state index contributed by atoms with van der Waals surface area (Å²) in [5.74, 6) is 1.45. The molecule has 0 saturated carbocycles. The Morgan fingerprint density at radius 2 is 1.13 bits per heavy atom. The third-order valence-electron chi connectivity index (χ3n) is 9.15. The summed E-state index contributed by atoms with van der Waals surface area (Å²) in [5.41, 5.74) is 6.65. The second-order valence-corrected chi connectivity index (χ2v) is 13.7. The maximum absolute atomic E-state index is 10.8. The minimum atomic E-state index is -0.624. The predicted molar refractivity (Wildman–Crippen MR) is 210 cm³/mol. The molecule has 0 aliphatic heterocycles. The molecule has 0 spiro atoms. The Morgan fingerprint density at radius 3 is 1.59 bits per heavy atom. The molecule has 0 radical (unpaired) electrons. The average Bonchev–Trinajstić information content (AvgIpc) is 3.18. The van der Waals surface area contributed by atoms with Crippen LogP contribution in [0.1, 0.15) is 62.3 Å². The molecule has 54 heavy (non-hydrogen) atoms. The van der Waals surface area contributed by atoms with E-state index in [4.69, 9.17) is 9.47 Å².